The third-order valence-electron chi connectivity index (χ3n) is 4.99. The van der Waals surface area contributed by atoms with Gasteiger partial charge in [0.25, 0.3) is 11.5 Å². The van der Waals surface area contributed by atoms with E-state index in [0.717, 1.165) is 25.2 Å². The van der Waals surface area contributed by atoms with Gasteiger partial charge in [-0.2, -0.15) is 0 Å². The number of hydrogen-bond acceptors (Lipinski definition) is 4. The summed E-state index contributed by atoms with van der Waals surface area (Å²) in [6.45, 7) is 3.48. The molecule has 2 aromatic heterocycles. The van der Waals surface area contributed by atoms with Crippen molar-refractivity contribution in [3.8, 4) is 0 Å². The van der Waals surface area contributed by atoms with E-state index in [0.29, 0.717) is 35.9 Å². The summed E-state index contributed by atoms with van der Waals surface area (Å²) in [5.74, 6) is -0.0328. The Morgan fingerprint density at radius 1 is 1.04 bits per heavy atom. The first-order valence-electron chi connectivity index (χ1n) is 9.35. The van der Waals surface area contributed by atoms with Gasteiger partial charge in [0.15, 0.2) is 0 Å². The highest BCUT2D eigenvalue weighted by Gasteiger charge is 2.22. The van der Waals surface area contributed by atoms with E-state index in [-0.39, 0.29) is 11.5 Å². The summed E-state index contributed by atoms with van der Waals surface area (Å²) in [5.41, 5.74) is 1.87. The van der Waals surface area contributed by atoms with Crippen molar-refractivity contribution in [2.24, 2.45) is 0 Å². The maximum Gasteiger partial charge on any atom is 0.258 e. The van der Waals surface area contributed by atoms with Crippen LogP contribution in [0.5, 0.6) is 0 Å². The Bertz CT molecular complexity index is 1070. The van der Waals surface area contributed by atoms with Crippen LogP contribution < -0.4 is 5.56 Å². The lowest BCUT2D eigenvalue weighted by molar-refractivity contribution is 0.0761. The molecule has 0 saturated carbocycles. The van der Waals surface area contributed by atoms with Crippen molar-refractivity contribution in [2.45, 2.75) is 13.0 Å². The molecule has 1 aliphatic heterocycles. The van der Waals surface area contributed by atoms with Crippen LogP contribution in [0.25, 0.3) is 5.65 Å². The second-order valence-electron chi connectivity index (χ2n) is 6.92. The van der Waals surface area contributed by atoms with Crippen LogP contribution in [0.1, 0.15) is 22.5 Å². The highest BCUT2D eigenvalue weighted by atomic mass is 35.5. The summed E-state index contributed by atoms with van der Waals surface area (Å²) >= 11 is 6.18. The van der Waals surface area contributed by atoms with Crippen molar-refractivity contribution in [1.29, 1.82) is 0 Å². The van der Waals surface area contributed by atoms with E-state index >= 15 is 0 Å². The number of rotatable bonds is 3. The lowest BCUT2D eigenvalue weighted by Gasteiger charge is -2.22. The molecule has 28 heavy (non-hydrogen) atoms. The minimum absolute atomic E-state index is 0.0328. The van der Waals surface area contributed by atoms with E-state index in [1.54, 1.807) is 24.4 Å². The lowest BCUT2D eigenvalue weighted by Crippen LogP contribution is -2.35. The van der Waals surface area contributed by atoms with Gasteiger partial charge in [0.05, 0.1) is 16.3 Å². The van der Waals surface area contributed by atoms with Gasteiger partial charge in [-0.05, 0) is 30.7 Å². The van der Waals surface area contributed by atoms with E-state index < -0.39 is 0 Å². The fraction of sp³-hybridized carbons (Fsp3) is 0.286. The number of hydrogen-bond donors (Lipinski definition) is 0. The zero-order chi connectivity index (χ0) is 19.5. The average molecular weight is 397 g/mol. The molecule has 1 aromatic carbocycles. The molecule has 1 fully saturated rings. The van der Waals surface area contributed by atoms with Gasteiger partial charge in [0.1, 0.15) is 5.65 Å². The minimum atomic E-state index is -0.0778. The fourth-order valence-electron chi connectivity index (χ4n) is 3.55. The van der Waals surface area contributed by atoms with Gasteiger partial charge in [-0.1, -0.05) is 29.8 Å². The molecule has 7 heteroatoms. The topological polar surface area (TPSA) is 57.9 Å². The molecular weight excluding hydrogens is 376 g/mol. The standard InChI is InChI=1S/C21H21ClN4O2/c22-18-7-2-1-6-17(18)21(28)25-10-5-9-24(12-13-25)15-16-14-20(27)26-11-4-3-8-19(26)23-16/h1-4,6-8,11,14H,5,9-10,12-13,15H2. The summed E-state index contributed by atoms with van der Waals surface area (Å²) < 4.78 is 1.54. The Kier molecular flexibility index (Phi) is 5.41. The van der Waals surface area contributed by atoms with Gasteiger partial charge in [0, 0.05) is 45.0 Å². The summed E-state index contributed by atoms with van der Waals surface area (Å²) in [5, 5.41) is 0.481. The summed E-state index contributed by atoms with van der Waals surface area (Å²) in [4.78, 5) is 33.8. The van der Waals surface area contributed by atoms with E-state index in [2.05, 4.69) is 9.88 Å². The van der Waals surface area contributed by atoms with Gasteiger partial charge in [-0.15, -0.1) is 0 Å². The Morgan fingerprint density at radius 3 is 2.71 bits per heavy atom. The van der Waals surface area contributed by atoms with Crippen molar-refractivity contribution < 1.29 is 4.79 Å². The monoisotopic (exact) mass is 396 g/mol. The summed E-state index contributed by atoms with van der Waals surface area (Å²) in [6.07, 6.45) is 2.58. The number of benzene rings is 1. The largest absolute Gasteiger partial charge is 0.337 e. The van der Waals surface area contributed by atoms with Gasteiger partial charge in [-0.3, -0.25) is 18.9 Å². The van der Waals surface area contributed by atoms with Crippen LogP contribution in [0.2, 0.25) is 5.02 Å². The van der Waals surface area contributed by atoms with Gasteiger partial charge >= 0.3 is 0 Å². The maximum atomic E-state index is 12.8. The molecule has 0 spiro atoms. The number of carbonyl (C=O) groups excluding carboxylic acids is 1. The predicted molar refractivity (Wildman–Crippen MR) is 109 cm³/mol. The first kappa shape index (κ1) is 18.7. The molecule has 0 radical (unpaired) electrons. The molecule has 3 aromatic rings. The third-order valence-corrected chi connectivity index (χ3v) is 5.32. The van der Waals surface area contributed by atoms with E-state index in [4.69, 9.17) is 11.6 Å². The van der Waals surface area contributed by atoms with Gasteiger partial charge in [-0.25, -0.2) is 4.98 Å². The minimum Gasteiger partial charge on any atom is -0.337 e. The molecule has 1 amide bonds. The Balaban J connectivity index is 1.45. The zero-order valence-electron chi connectivity index (χ0n) is 15.4. The number of pyridine rings is 1. The molecule has 0 N–H and O–H groups in total. The van der Waals surface area contributed by atoms with Gasteiger partial charge in [0.2, 0.25) is 0 Å². The molecule has 6 nitrogen and oxygen atoms in total. The van der Waals surface area contributed by atoms with Crippen LogP contribution in [0.15, 0.2) is 59.5 Å². The second kappa shape index (κ2) is 8.12. The van der Waals surface area contributed by atoms with Crippen LogP contribution in [0.4, 0.5) is 0 Å². The second-order valence-corrected chi connectivity index (χ2v) is 7.32. The van der Waals surface area contributed by atoms with Crippen LogP contribution in [-0.2, 0) is 6.54 Å². The number of fused-ring (bicyclic) bond motifs is 1. The van der Waals surface area contributed by atoms with Crippen molar-refractivity contribution in [3.63, 3.8) is 0 Å². The number of halogens is 1. The van der Waals surface area contributed by atoms with Crippen molar-refractivity contribution in [3.05, 3.63) is 81.4 Å². The number of nitrogens with zero attached hydrogens (tertiary/aromatic N) is 4. The first-order valence-corrected chi connectivity index (χ1v) is 9.73. The predicted octanol–water partition coefficient (Wildman–Crippen LogP) is 2.70. The molecule has 0 unspecified atom stereocenters. The smallest absolute Gasteiger partial charge is 0.258 e. The van der Waals surface area contributed by atoms with E-state index in [9.17, 15) is 9.59 Å². The Hall–Kier alpha value is -2.70. The van der Waals surface area contributed by atoms with Crippen LogP contribution >= 0.6 is 11.6 Å². The fourth-order valence-corrected chi connectivity index (χ4v) is 3.77. The number of amides is 1. The molecule has 0 bridgehead atoms. The van der Waals surface area contributed by atoms with E-state index in [1.165, 1.54) is 4.40 Å². The van der Waals surface area contributed by atoms with Crippen LogP contribution in [0, 0.1) is 0 Å². The molecule has 0 atom stereocenters. The van der Waals surface area contributed by atoms with Crippen molar-refractivity contribution in [2.75, 3.05) is 26.2 Å². The molecule has 1 aliphatic rings. The third kappa shape index (κ3) is 3.93. The Morgan fingerprint density at radius 2 is 1.86 bits per heavy atom. The molecule has 4 rings (SSSR count). The highest BCUT2D eigenvalue weighted by Crippen LogP contribution is 2.18. The molecule has 1 saturated heterocycles. The average Bonchev–Trinajstić information content (AvgIpc) is 2.93. The maximum absolute atomic E-state index is 12.8. The number of aromatic nitrogens is 2. The number of carbonyl (C=O) groups is 1. The zero-order valence-corrected chi connectivity index (χ0v) is 16.2. The van der Waals surface area contributed by atoms with Gasteiger partial charge < -0.3 is 4.90 Å². The van der Waals surface area contributed by atoms with Crippen LogP contribution in [-0.4, -0.2) is 51.3 Å². The summed E-state index contributed by atoms with van der Waals surface area (Å²) in [7, 11) is 0. The molecular formula is C21H21ClN4O2. The highest BCUT2D eigenvalue weighted by molar-refractivity contribution is 6.33. The Labute approximate surface area is 168 Å². The van der Waals surface area contributed by atoms with Crippen LogP contribution in [0.3, 0.4) is 0 Å². The van der Waals surface area contributed by atoms with Crippen molar-refractivity contribution >= 4 is 23.2 Å². The normalized spacial score (nSPS) is 15.5. The SMILES string of the molecule is O=C(c1ccccc1Cl)N1CCCN(Cc2cc(=O)n3ccccc3n2)CC1. The molecule has 0 aliphatic carbocycles. The molecule has 144 valence electrons. The quantitative estimate of drug-likeness (QED) is 0.683. The molecule has 3 heterocycles. The lowest BCUT2D eigenvalue weighted by atomic mass is 10.2. The van der Waals surface area contributed by atoms with Crippen molar-refractivity contribution in [1.82, 2.24) is 19.2 Å². The van der Waals surface area contributed by atoms with E-state index in [1.807, 2.05) is 35.2 Å². The first-order chi connectivity index (χ1) is 13.6. The summed E-state index contributed by atoms with van der Waals surface area (Å²) in [6, 6.07) is 14.3.